The monoisotopic (exact) mass is 385 g/mol. The van der Waals surface area contributed by atoms with Crippen LogP contribution >= 0.6 is 23.1 Å². The number of carbonyl (C=O) groups excluding carboxylic acids is 1. The fourth-order valence-electron chi connectivity index (χ4n) is 2.63. The van der Waals surface area contributed by atoms with E-state index >= 15 is 0 Å². The maximum absolute atomic E-state index is 12.2. The number of thiophene rings is 1. The van der Waals surface area contributed by atoms with Crippen LogP contribution in [0.25, 0.3) is 5.69 Å². The van der Waals surface area contributed by atoms with Crippen molar-refractivity contribution in [3.63, 3.8) is 0 Å². The Hall–Kier alpha value is -2.05. The van der Waals surface area contributed by atoms with Crippen molar-refractivity contribution >= 4 is 29.0 Å². The topological polar surface area (TPSA) is 46.9 Å². The second kappa shape index (κ2) is 8.56. The van der Waals surface area contributed by atoms with Gasteiger partial charge in [0, 0.05) is 23.0 Å². The van der Waals surface area contributed by atoms with Gasteiger partial charge in [0.1, 0.15) is 0 Å². The van der Waals surface area contributed by atoms with Gasteiger partial charge in [-0.3, -0.25) is 9.36 Å². The number of thioether (sulfide) groups is 1. The first kappa shape index (κ1) is 18.7. The lowest BCUT2D eigenvalue weighted by Crippen LogP contribution is -2.27. The Morgan fingerprint density at radius 3 is 2.65 bits per heavy atom. The number of aromatic nitrogens is 2. The largest absolute Gasteiger partial charge is 0.348 e. The summed E-state index contributed by atoms with van der Waals surface area (Å²) in [7, 11) is 0. The van der Waals surface area contributed by atoms with E-state index in [1.54, 1.807) is 17.5 Å². The predicted octanol–water partition coefficient (Wildman–Crippen LogP) is 5.03. The summed E-state index contributed by atoms with van der Waals surface area (Å²) in [6, 6.07) is 12.6. The molecule has 3 rings (SSSR count). The SMILES string of the molecule is CC(C)c1ccc(-n2ccnc2SCC(=O)N[C@@H](C)c2cccs2)cc1. The smallest absolute Gasteiger partial charge is 0.230 e. The summed E-state index contributed by atoms with van der Waals surface area (Å²) in [5, 5.41) is 5.88. The Morgan fingerprint density at radius 1 is 1.23 bits per heavy atom. The van der Waals surface area contributed by atoms with Crippen molar-refractivity contribution in [3.05, 3.63) is 64.6 Å². The molecule has 0 saturated heterocycles. The molecule has 1 amide bonds. The summed E-state index contributed by atoms with van der Waals surface area (Å²) in [6.07, 6.45) is 3.70. The fraction of sp³-hybridized carbons (Fsp3) is 0.300. The van der Waals surface area contributed by atoms with Crippen molar-refractivity contribution in [2.24, 2.45) is 0 Å². The molecule has 0 fully saturated rings. The summed E-state index contributed by atoms with van der Waals surface area (Å²) in [5.74, 6) is 0.867. The Bertz CT molecular complexity index is 838. The molecule has 1 aromatic carbocycles. The van der Waals surface area contributed by atoms with Gasteiger partial charge in [-0.15, -0.1) is 11.3 Å². The standard InChI is InChI=1S/C20H23N3OS2/c1-14(2)16-6-8-17(9-7-16)23-11-10-21-20(23)26-13-19(24)22-15(3)18-5-4-12-25-18/h4-12,14-15H,13H2,1-3H3,(H,22,24)/t15-/m0/s1. The summed E-state index contributed by atoms with van der Waals surface area (Å²) < 4.78 is 2.02. The molecule has 0 aliphatic carbocycles. The van der Waals surface area contributed by atoms with Gasteiger partial charge in [0.25, 0.3) is 0 Å². The number of imidazole rings is 1. The zero-order chi connectivity index (χ0) is 18.5. The number of nitrogens with one attached hydrogen (secondary N) is 1. The maximum Gasteiger partial charge on any atom is 0.230 e. The van der Waals surface area contributed by atoms with E-state index in [4.69, 9.17) is 0 Å². The van der Waals surface area contributed by atoms with Gasteiger partial charge in [-0.05, 0) is 42.0 Å². The molecule has 0 unspecified atom stereocenters. The highest BCUT2D eigenvalue weighted by atomic mass is 32.2. The first-order valence-electron chi connectivity index (χ1n) is 8.64. The third-order valence-electron chi connectivity index (χ3n) is 4.12. The van der Waals surface area contributed by atoms with Crippen LogP contribution in [0.1, 0.15) is 43.2 Å². The molecule has 3 aromatic rings. The molecular weight excluding hydrogens is 362 g/mol. The van der Waals surface area contributed by atoms with Crippen LogP contribution in [0.4, 0.5) is 0 Å². The average Bonchev–Trinajstić information content (AvgIpc) is 3.31. The van der Waals surface area contributed by atoms with Gasteiger partial charge in [-0.25, -0.2) is 4.98 Å². The van der Waals surface area contributed by atoms with E-state index in [1.165, 1.54) is 17.3 Å². The van der Waals surface area contributed by atoms with E-state index < -0.39 is 0 Å². The van der Waals surface area contributed by atoms with Gasteiger partial charge >= 0.3 is 0 Å². The fourth-order valence-corrected chi connectivity index (χ4v) is 4.15. The van der Waals surface area contributed by atoms with Crippen LogP contribution in [-0.2, 0) is 4.79 Å². The van der Waals surface area contributed by atoms with E-state index in [-0.39, 0.29) is 11.9 Å². The molecule has 6 heteroatoms. The minimum absolute atomic E-state index is 0.0144. The number of benzene rings is 1. The quantitative estimate of drug-likeness (QED) is 0.581. The average molecular weight is 386 g/mol. The van der Waals surface area contributed by atoms with Crippen molar-refractivity contribution in [2.75, 3.05) is 5.75 Å². The zero-order valence-electron chi connectivity index (χ0n) is 15.2. The van der Waals surface area contributed by atoms with Crippen LogP contribution < -0.4 is 5.32 Å². The molecule has 136 valence electrons. The Labute approximate surface area is 162 Å². The predicted molar refractivity (Wildman–Crippen MR) is 109 cm³/mol. The molecular formula is C20H23N3OS2. The van der Waals surface area contributed by atoms with Crippen LogP contribution in [0, 0.1) is 0 Å². The first-order chi connectivity index (χ1) is 12.5. The van der Waals surface area contributed by atoms with Crippen molar-refractivity contribution < 1.29 is 4.79 Å². The van der Waals surface area contributed by atoms with E-state index in [1.807, 2.05) is 35.2 Å². The number of rotatable bonds is 7. The summed E-state index contributed by atoms with van der Waals surface area (Å²) in [4.78, 5) is 17.8. The third-order valence-corrected chi connectivity index (χ3v) is 6.15. The highest BCUT2D eigenvalue weighted by Crippen LogP contribution is 2.23. The van der Waals surface area contributed by atoms with Gasteiger partial charge in [0.2, 0.25) is 5.91 Å². The molecule has 0 aliphatic rings. The Balaban J connectivity index is 1.61. The number of hydrogen-bond acceptors (Lipinski definition) is 4. The zero-order valence-corrected chi connectivity index (χ0v) is 16.8. The third kappa shape index (κ3) is 4.56. The minimum Gasteiger partial charge on any atom is -0.348 e. The van der Waals surface area contributed by atoms with Crippen molar-refractivity contribution in [1.29, 1.82) is 0 Å². The number of amides is 1. The molecule has 0 saturated carbocycles. The second-order valence-electron chi connectivity index (χ2n) is 6.42. The van der Waals surface area contributed by atoms with Crippen LogP contribution in [-0.4, -0.2) is 21.2 Å². The molecule has 2 aromatic heterocycles. The van der Waals surface area contributed by atoms with Crippen molar-refractivity contribution in [2.45, 2.75) is 37.9 Å². The van der Waals surface area contributed by atoms with Gasteiger partial charge in [0.05, 0.1) is 11.8 Å². The van der Waals surface area contributed by atoms with E-state index in [9.17, 15) is 4.79 Å². The highest BCUT2D eigenvalue weighted by molar-refractivity contribution is 7.99. The maximum atomic E-state index is 12.2. The van der Waals surface area contributed by atoms with Crippen LogP contribution in [0.15, 0.2) is 59.3 Å². The van der Waals surface area contributed by atoms with E-state index in [2.05, 4.69) is 48.4 Å². The minimum atomic E-state index is 0.0144. The second-order valence-corrected chi connectivity index (χ2v) is 8.34. The van der Waals surface area contributed by atoms with Crippen molar-refractivity contribution in [1.82, 2.24) is 14.9 Å². The van der Waals surface area contributed by atoms with Crippen LogP contribution in [0.5, 0.6) is 0 Å². The lowest BCUT2D eigenvalue weighted by atomic mass is 10.0. The van der Waals surface area contributed by atoms with E-state index in [0.29, 0.717) is 11.7 Å². The van der Waals surface area contributed by atoms with Gasteiger partial charge < -0.3 is 5.32 Å². The molecule has 0 bridgehead atoms. The van der Waals surface area contributed by atoms with E-state index in [0.717, 1.165) is 15.7 Å². The van der Waals surface area contributed by atoms with Gasteiger partial charge in [-0.1, -0.05) is 43.8 Å². The molecule has 0 radical (unpaired) electrons. The summed E-state index contributed by atoms with van der Waals surface area (Å²) >= 11 is 3.10. The van der Waals surface area contributed by atoms with Gasteiger partial charge in [0.15, 0.2) is 5.16 Å². The molecule has 1 atom stereocenters. The summed E-state index contributed by atoms with van der Waals surface area (Å²) in [6.45, 7) is 6.37. The van der Waals surface area contributed by atoms with Crippen molar-refractivity contribution in [3.8, 4) is 5.69 Å². The normalized spacial score (nSPS) is 12.3. The molecule has 2 heterocycles. The number of nitrogens with zero attached hydrogens (tertiary/aromatic N) is 2. The van der Waals surface area contributed by atoms with Gasteiger partial charge in [-0.2, -0.15) is 0 Å². The first-order valence-corrected chi connectivity index (χ1v) is 10.5. The molecule has 26 heavy (non-hydrogen) atoms. The molecule has 4 nitrogen and oxygen atoms in total. The number of carbonyl (C=O) groups is 1. The van der Waals surface area contributed by atoms with Crippen LogP contribution in [0.3, 0.4) is 0 Å². The molecule has 0 spiro atoms. The van der Waals surface area contributed by atoms with Crippen LogP contribution in [0.2, 0.25) is 0 Å². The Morgan fingerprint density at radius 2 is 2.00 bits per heavy atom. The Kier molecular flexibility index (Phi) is 6.16. The highest BCUT2D eigenvalue weighted by Gasteiger charge is 2.13. The lowest BCUT2D eigenvalue weighted by Gasteiger charge is -2.13. The summed E-state index contributed by atoms with van der Waals surface area (Å²) in [5.41, 5.74) is 2.37. The lowest BCUT2D eigenvalue weighted by molar-refractivity contribution is -0.119. The molecule has 1 N–H and O–H groups in total. The number of hydrogen-bond donors (Lipinski definition) is 1. The molecule has 0 aliphatic heterocycles.